The first kappa shape index (κ1) is 16.8. The fourth-order valence-corrected chi connectivity index (χ4v) is 2.70. The summed E-state index contributed by atoms with van der Waals surface area (Å²) in [7, 11) is 0. The van der Waals surface area contributed by atoms with Crippen LogP contribution >= 0.6 is 0 Å². The lowest BCUT2D eigenvalue weighted by Crippen LogP contribution is -2.23. The van der Waals surface area contributed by atoms with E-state index < -0.39 is 0 Å². The SMILES string of the molecule is O=C(NCc1cccnc1)c1cc(NCc2ccc3c(c2)OCO3)ccn1. The number of ether oxygens (including phenoxy) is 2. The molecule has 136 valence electrons. The average molecular weight is 362 g/mol. The van der Waals surface area contributed by atoms with Gasteiger partial charge < -0.3 is 20.1 Å². The van der Waals surface area contributed by atoms with Crippen molar-refractivity contribution in [1.82, 2.24) is 15.3 Å². The molecule has 0 bridgehead atoms. The van der Waals surface area contributed by atoms with Gasteiger partial charge in [-0.15, -0.1) is 0 Å². The van der Waals surface area contributed by atoms with Gasteiger partial charge in [-0.25, -0.2) is 0 Å². The number of rotatable bonds is 6. The van der Waals surface area contributed by atoms with E-state index in [-0.39, 0.29) is 12.7 Å². The Balaban J connectivity index is 1.36. The highest BCUT2D eigenvalue weighted by molar-refractivity contribution is 5.93. The molecular weight excluding hydrogens is 344 g/mol. The minimum Gasteiger partial charge on any atom is -0.454 e. The van der Waals surface area contributed by atoms with Crippen LogP contribution in [-0.2, 0) is 13.1 Å². The fourth-order valence-electron chi connectivity index (χ4n) is 2.70. The molecule has 0 unspecified atom stereocenters. The summed E-state index contributed by atoms with van der Waals surface area (Å²) in [6.45, 7) is 1.26. The number of carbonyl (C=O) groups is 1. The molecule has 0 spiro atoms. The molecule has 1 aromatic carbocycles. The molecule has 27 heavy (non-hydrogen) atoms. The number of amides is 1. The van der Waals surface area contributed by atoms with E-state index in [0.717, 1.165) is 28.3 Å². The van der Waals surface area contributed by atoms with E-state index in [2.05, 4.69) is 20.6 Å². The maximum Gasteiger partial charge on any atom is 0.270 e. The van der Waals surface area contributed by atoms with Gasteiger partial charge in [0, 0.05) is 37.4 Å². The molecule has 0 saturated carbocycles. The molecule has 0 aliphatic carbocycles. The number of nitrogens with zero attached hydrogens (tertiary/aromatic N) is 2. The summed E-state index contributed by atoms with van der Waals surface area (Å²) in [5, 5.41) is 6.14. The molecule has 0 saturated heterocycles. The Morgan fingerprint density at radius 3 is 2.81 bits per heavy atom. The normalized spacial score (nSPS) is 11.9. The molecule has 7 heteroatoms. The predicted octanol–water partition coefficient (Wildman–Crippen LogP) is 2.75. The molecule has 1 aliphatic rings. The van der Waals surface area contributed by atoms with Gasteiger partial charge in [0.2, 0.25) is 6.79 Å². The molecule has 0 atom stereocenters. The fraction of sp³-hybridized carbons (Fsp3) is 0.150. The minimum atomic E-state index is -0.231. The lowest BCUT2D eigenvalue weighted by atomic mass is 10.2. The Hall–Kier alpha value is -3.61. The number of fused-ring (bicyclic) bond motifs is 1. The van der Waals surface area contributed by atoms with Gasteiger partial charge in [0.15, 0.2) is 11.5 Å². The third-order valence-electron chi connectivity index (χ3n) is 4.10. The van der Waals surface area contributed by atoms with Gasteiger partial charge in [-0.1, -0.05) is 12.1 Å². The first-order chi connectivity index (χ1) is 13.3. The molecular formula is C20H18N4O3. The zero-order valence-electron chi connectivity index (χ0n) is 14.5. The minimum absolute atomic E-state index is 0.231. The number of anilines is 1. The highest BCUT2D eigenvalue weighted by atomic mass is 16.7. The Bertz CT molecular complexity index is 947. The highest BCUT2D eigenvalue weighted by Crippen LogP contribution is 2.32. The summed E-state index contributed by atoms with van der Waals surface area (Å²) in [5.74, 6) is 1.28. The van der Waals surface area contributed by atoms with Crippen LogP contribution in [0.1, 0.15) is 21.6 Å². The van der Waals surface area contributed by atoms with Gasteiger partial charge in [0.1, 0.15) is 5.69 Å². The zero-order chi connectivity index (χ0) is 18.5. The van der Waals surface area contributed by atoms with Crippen LogP contribution in [0.25, 0.3) is 0 Å². The van der Waals surface area contributed by atoms with Crippen molar-refractivity contribution in [3.8, 4) is 11.5 Å². The smallest absolute Gasteiger partial charge is 0.270 e. The topological polar surface area (TPSA) is 85.4 Å². The number of aromatic nitrogens is 2. The first-order valence-electron chi connectivity index (χ1n) is 8.53. The Labute approximate surface area is 156 Å². The van der Waals surface area contributed by atoms with Gasteiger partial charge >= 0.3 is 0 Å². The Morgan fingerprint density at radius 2 is 1.93 bits per heavy atom. The third-order valence-corrected chi connectivity index (χ3v) is 4.10. The molecule has 7 nitrogen and oxygen atoms in total. The average Bonchev–Trinajstić information content (AvgIpc) is 3.19. The van der Waals surface area contributed by atoms with E-state index in [1.54, 1.807) is 24.7 Å². The lowest BCUT2D eigenvalue weighted by Gasteiger charge is -2.09. The predicted molar refractivity (Wildman–Crippen MR) is 99.5 cm³/mol. The second-order valence-electron chi connectivity index (χ2n) is 6.01. The van der Waals surface area contributed by atoms with Crippen molar-refractivity contribution >= 4 is 11.6 Å². The highest BCUT2D eigenvalue weighted by Gasteiger charge is 2.13. The van der Waals surface area contributed by atoms with Crippen molar-refractivity contribution in [3.63, 3.8) is 0 Å². The second kappa shape index (κ2) is 7.74. The monoisotopic (exact) mass is 362 g/mol. The number of pyridine rings is 2. The summed E-state index contributed by atoms with van der Waals surface area (Å²) in [4.78, 5) is 20.5. The zero-order valence-corrected chi connectivity index (χ0v) is 14.5. The van der Waals surface area contributed by atoms with E-state index in [1.807, 2.05) is 36.4 Å². The largest absolute Gasteiger partial charge is 0.454 e. The number of hydrogen-bond acceptors (Lipinski definition) is 6. The van der Waals surface area contributed by atoms with Crippen LogP contribution < -0.4 is 20.1 Å². The van der Waals surface area contributed by atoms with Crippen LogP contribution in [0.15, 0.2) is 61.1 Å². The second-order valence-corrected chi connectivity index (χ2v) is 6.01. The maximum absolute atomic E-state index is 12.3. The van der Waals surface area contributed by atoms with Gasteiger partial charge in [-0.05, 0) is 41.5 Å². The van der Waals surface area contributed by atoms with Crippen LogP contribution in [0.4, 0.5) is 5.69 Å². The Kier molecular flexibility index (Phi) is 4.82. The van der Waals surface area contributed by atoms with Crippen molar-refractivity contribution in [2.75, 3.05) is 12.1 Å². The maximum atomic E-state index is 12.3. The molecule has 0 fully saturated rings. The molecule has 2 N–H and O–H groups in total. The van der Waals surface area contributed by atoms with Gasteiger partial charge in [0.25, 0.3) is 5.91 Å². The lowest BCUT2D eigenvalue weighted by molar-refractivity contribution is 0.0946. The molecule has 4 rings (SSSR count). The van der Waals surface area contributed by atoms with Crippen molar-refractivity contribution in [3.05, 3.63) is 77.9 Å². The summed E-state index contributed by atoms with van der Waals surface area (Å²) in [6.07, 6.45) is 5.03. The molecule has 1 amide bonds. The van der Waals surface area contributed by atoms with E-state index in [4.69, 9.17) is 9.47 Å². The number of benzene rings is 1. The van der Waals surface area contributed by atoms with Crippen molar-refractivity contribution in [1.29, 1.82) is 0 Å². The number of nitrogens with one attached hydrogen (secondary N) is 2. The van der Waals surface area contributed by atoms with Crippen LogP contribution in [0, 0.1) is 0 Å². The number of carbonyl (C=O) groups excluding carboxylic acids is 1. The quantitative estimate of drug-likeness (QED) is 0.701. The van der Waals surface area contributed by atoms with Crippen LogP contribution in [-0.4, -0.2) is 22.7 Å². The van der Waals surface area contributed by atoms with E-state index in [1.165, 1.54) is 0 Å². The first-order valence-corrected chi connectivity index (χ1v) is 8.53. The van der Waals surface area contributed by atoms with Crippen molar-refractivity contribution in [2.24, 2.45) is 0 Å². The van der Waals surface area contributed by atoms with Crippen LogP contribution in [0.5, 0.6) is 11.5 Å². The van der Waals surface area contributed by atoms with Gasteiger partial charge in [-0.2, -0.15) is 0 Å². The van der Waals surface area contributed by atoms with E-state index in [9.17, 15) is 4.79 Å². The number of hydrogen-bond donors (Lipinski definition) is 2. The summed E-state index contributed by atoms with van der Waals surface area (Å²) in [5.41, 5.74) is 3.16. The van der Waals surface area contributed by atoms with Crippen molar-refractivity contribution < 1.29 is 14.3 Å². The van der Waals surface area contributed by atoms with Crippen LogP contribution in [0.3, 0.4) is 0 Å². The van der Waals surface area contributed by atoms with Gasteiger partial charge in [0.05, 0.1) is 0 Å². The van der Waals surface area contributed by atoms with Gasteiger partial charge in [-0.3, -0.25) is 14.8 Å². The molecule has 1 aliphatic heterocycles. The molecule has 3 aromatic rings. The molecule has 0 radical (unpaired) electrons. The summed E-state index contributed by atoms with van der Waals surface area (Å²) >= 11 is 0. The summed E-state index contributed by atoms with van der Waals surface area (Å²) < 4.78 is 10.7. The third kappa shape index (κ3) is 4.14. The molecule has 2 aromatic heterocycles. The van der Waals surface area contributed by atoms with Crippen LogP contribution in [0.2, 0.25) is 0 Å². The Morgan fingerprint density at radius 1 is 1.00 bits per heavy atom. The van der Waals surface area contributed by atoms with E-state index >= 15 is 0 Å². The molecule has 3 heterocycles. The summed E-state index contributed by atoms with van der Waals surface area (Å²) in [6, 6.07) is 13.1. The van der Waals surface area contributed by atoms with Crippen molar-refractivity contribution in [2.45, 2.75) is 13.1 Å². The standard InChI is InChI=1S/C20H18N4O3/c25-20(24-12-15-2-1-6-21-10-15)17-9-16(5-7-22-17)23-11-14-3-4-18-19(8-14)27-13-26-18/h1-10H,11-13H2,(H,22,23)(H,24,25). The van der Waals surface area contributed by atoms with E-state index in [0.29, 0.717) is 18.8 Å².